The highest BCUT2D eigenvalue weighted by atomic mass is 19.1. The summed E-state index contributed by atoms with van der Waals surface area (Å²) in [4.78, 5) is 6.74. The Morgan fingerprint density at radius 2 is 2.04 bits per heavy atom. The summed E-state index contributed by atoms with van der Waals surface area (Å²) >= 11 is 0. The van der Waals surface area contributed by atoms with Gasteiger partial charge in [-0.05, 0) is 37.8 Å². The van der Waals surface area contributed by atoms with Crippen LogP contribution in [0.15, 0.2) is 42.7 Å². The smallest absolute Gasteiger partial charge is 0.165 e. The minimum absolute atomic E-state index is 0.176. The molecule has 1 atom stereocenters. The monoisotopic (exact) mass is 340 g/mol. The molecule has 25 heavy (non-hydrogen) atoms. The van der Waals surface area contributed by atoms with Gasteiger partial charge in [-0.3, -0.25) is 0 Å². The van der Waals surface area contributed by atoms with Crippen LogP contribution in [0.5, 0.6) is 0 Å². The van der Waals surface area contributed by atoms with Crippen LogP contribution >= 0.6 is 0 Å². The molecule has 1 aliphatic rings. The number of halogens is 1. The summed E-state index contributed by atoms with van der Waals surface area (Å²) in [5.41, 5.74) is 1.85. The number of benzene rings is 1. The van der Waals surface area contributed by atoms with E-state index in [2.05, 4.69) is 15.0 Å². The van der Waals surface area contributed by atoms with Crippen LogP contribution in [0.25, 0.3) is 16.8 Å². The Kier molecular flexibility index (Phi) is 4.36. The van der Waals surface area contributed by atoms with E-state index in [1.165, 1.54) is 12.5 Å². The van der Waals surface area contributed by atoms with E-state index in [4.69, 9.17) is 0 Å². The van der Waals surface area contributed by atoms with Gasteiger partial charge in [-0.2, -0.15) is 9.61 Å². The van der Waals surface area contributed by atoms with Crippen molar-refractivity contribution in [1.82, 2.24) is 14.6 Å². The third kappa shape index (κ3) is 2.87. The lowest BCUT2D eigenvalue weighted by atomic mass is 9.99. The van der Waals surface area contributed by atoms with E-state index in [1.54, 1.807) is 29.0 Å². The fraction of sp³-hybridized carbons (Fsp3) is 0.368. The van der Waals surface area contributed by atoms with Crippen LogP contribution in [0.4, 0.5) is 10.2 Å². The lowest BCUT2D eigenvalue weighted by Crippen LogP contribution is -2.41. The number of hydrogen-bond donors (Lipinski definition) is 1. The average molecular weight is 340 g/mol. The number of hydrogen-bond acceptors (Lipinski definition) is 4. The van der Waals surface area contributed by atoms with Gasteiger partial charge in [0.1, 0.15) is 11.6 Å². The van der Waals surface area contributed by atoms with Gasteiger partial charge in [-0.1, -0.05) is 18.2 Å². The lowest BCUT2D eigenvalue weighted by Gasteiger charge is -2.37. The highest BCUT2D eigenvalue weighted by Crippen LogP contribution is 2.30. The van der Waals surface area contributed by atoms with Crippen molar-refractivity contribution in [3.8, 4) is 11.1 Å². The highest BCUT2D eigenvalue weighted by Gasteiger charge is 2.25. The predicted molar refractivity (Wildman–Crippen MR) is 95.1 cm³/mol. The molecule has 0 aliphatic carbocycles. The minimum Gasteiger partial charge on any atom is -0.396 e. The normalized spacial score (nSPS) is 18.0. The molecule has 3 heterocycles. The summed E-state index contributed by atoms with van der Waals surface area (Å²) in [6.45, 7) is 1.10. The molecule has 1 aromatic carbocycles. The molecule has 0 saturated carbocycles. The molecule has 1 unspecified atom stereocenters. The molecule has 2 aromatic heterocycles. The average Bonchev–Trinajstić information content (AvgIpc) is 3.07. The number of anilines is 1. The van der Waals surface area contributed by atoms with Crippen molar-refractivity contribution in [3.63, 3.8) is 0 Å². The Bertz CT molecular complexity index is 877. The first-order valence-electron chi connectivity index (χ1n) is 8.74. The van der Waals surface area contributed by atoms with Crippen LogP contribution in [0.3, 0.4) is 0 Å². The second-order valence-electron chi connectivity index (χ2n) is 6.43. The number of aliphatic hydroxyl groups is 1. The molecular formula is C19H21FN4O. The van der Waals surface area contributed by atoms with Crippen LogP contribution < -0.4 is 4.90 Å². The van der Waals surface area contributed by atoms with E-state index in [1.807, 2.05) is 12.1 Å². The minimum atomic E-state index is -0.277. The van der Waals surface area contributed by atoms with Gasteiger partial charge in [0.15, 0.2) is 5.65 Å². The Morgan fingerprint density at radius 1 is 1.16 bits per heavy atom. The SMILES string of the molecule is OCCC1CCCCN1c1ccnc2c(-c3ccccc3F)cnn12. The quantitative estimate of drug-likeness (QED) is 0.792. The molecule has 5 nitrogen and oxygen atoms in total. The first kappa shape index (κ1) is 16.0. The van der Waals surface area contributed by atoms with Crippen molar-refractivity contribution in [2.45, 2.75) is 31.7 Å². The van der Waals surface area contributed by atoms with Crippen molar-refractivity contribution in [2.75, 3.05) is 18.1 Å². The number of rotatable bonds is 4. The van der Waals surface area contributed by atoms with E-state index in [0.29, 0.717) is 22.8 Å². The van der Waals surface area contributed by atoms with Crippen LogP contribution in [0, 0.1) is 5.82 Å². The van der Waals surface area contributed by atoms with E-state index in [0.717, 1.165) is 31.6 Å². The second-order valence-corrected chi connectivity index (χ2v) is 6.43. The summed E-state index contributed by atoms with van der Waals surface area (Å²) in [6, 6.07) is 8.93. The number of fused-ring (bicyclic) bond motifs is 1. The molecule has 0 bridgehead atoms. The molecule has 1 N–H and O–H groups in total. The number of piperidine rings is 1. The zero-order valence-electron chi connectivity index (χ0n) is 14.0. The van der Waals surface area contributed by atoms with Gasteiger partial charge in [0.25, 0.3) is 0 Å². The van der Waals surface area contributed by atoms with Gasteiger partial charge in [0.05, 0.1) is 6.20 Å². The molecule has 1 fully saturated rings. The van der Waals surface area contributed by atoms with Gasteiger partial charge in [-0.25, -0.2) is 9.37 Å². The third-order valence-corrected chi connectivity index (χ3v) is 4.93. The topological polar surface area (TPSA) is 53.7 Å². The summed E-state index contributed by atoms with van der Waals surface area (Å²) in [6.07, 6.45) is 7.52. The van der Waals surface area contributed by atoms with Crippen molar-refractivity contribution < 1.29 is 9.50 Å². The molecule has 6 heteroatoms. The van der Waals surface area contributed by atoms with Crippen molar-refractivity contribution in [2.24, 2.45) is 0 Å². The summed E-state index contributed by atoms with van der Waals surface area (Å²) < 4.78 is 16.0. The van der Waals surface area contributed by atoms with E-state index in [9.17, 15) is 9.50 Å². The van der Waals surface area contributed by atoms with Crippen LogP contribution in [0.1, 0.15) is 25.7 Å². The number of aliphatic hydroxyl groups excluding tert-OH is 1. The zero-order valence-corrected chi connectivity index (χ0v) is 14.0. The fourth-order valence-corrected chi connectivity index (χ4v) is 3.72. The summed E-state index contributed by atoms with van der Waals surface area (Å²) in [5.74, 6) is 0.673. The van der Waals surface area contributed by atoms with Gasteiger partial charge >= 0.3 is 0 Å². The molecule has 4 rings (SSSR count). The fourth-order valence-electron chi connectivity index (χ4n) is 3.72. The van der Waals surface area contributed by atoms with Crippen LogP contribution in [-0.2, 0) is 0 Å². The summed E-state index contributed by atoms with van der Waals surface area (Å²) in [5, 5.41) is 13.9. The van der Waals surface area contributed by atoms with Crippen LogP contribution in [0.2, 0.25) is 0 Å². The van der Waals surface area contributed by atoms with Gasteiger partial charge in [0, 0.05) is 36.5 Å². The largest absolute Gasteiger partial charge is 0.396 e. The number of aromatic nitrogens is 3. The molecule has 1 saturated heterocycles. The first-order chi connectivity index (χ1) is 12.3. The third-order valence-electron chi connectivity index (χ3n) is 4.93. The molecule has 0 radical (unpaired) electrons. The van der Waals surface area contributed by atoms with E-state index in [-0.39, 0.29) is 12.4 Å². The molecule has 3 aromatic rings. The Labute approximate surface area is 145 Å². The van der Waals surface area contributed by atoms with Gasteiger partial charge < -0.3 is 10.0 Å². The second kappa shape index (κ2) is 6.80. The molecule has 0 amide bonds. The standard InChI is InChI=1S/C19H21FN4O/c20-17-7-2-1-6-15(17)16-13-22-24-18(8-10-21-19(16)24)23-11-4-3-5-14(23)9-12-25/h1-2,6-8,10,13-14,25H,3-5,9,11-12H2. The summed E-state index contributed by atoms with van der Waals surface area (Å²) in [7, 11) is 0. The highest BCUT2D eigenvalue weighted by molar-refractivity contribution is 5.78. The Balaban J connectivity index is 1.80. The Hall–Kier alpha value is -2.47. The zero-order chi connectivity index (χ0) is 17.2. The van der Waals surface area contributed by atoms with Crippen molar-refractivity contribution >= 4 is 11.5 Å². The molecule has 1 aliphatic heterocycles. The first-order valence-corrected chi connectivity index (χ1v) is 8.74. The molecule has 130 valence electrons. The van der Waals surface area contributed by atoms with Crippen molar-refractivity contribution in [1.29, 1.82) is 0 Å². The maximum absolute atomic E-state index is 14.2. The Morgan fingerprint density at radius 3 is 2.88 bits per heavy atom. The maximum Gasteiger partial charge on any atom is 0.165 e. The van der Waals surface area contributed by atoms with Crippen molar-refractivity contribution in [3.05, 3.63) is 48.5 Å². The maximum atomic E-state index is 14.2. The molecular weight excluding hydrogens is 319 g/mol. The lowest BCUT2D eigenvalue weighted by molar-refractivity contribution is 0.262. The predicted octanol–water partition coefficient (Wildman–Crippen LogP) is 3.28. The number of nitrogens with zero attached hydrogens (tertiary/aromatic N) is 4. The van der Waals surface area contributed by atoms with E-state index < -0.39 is 0 Å². The van der Waals surface area contributed by atoms with Crippen LogP contribution in [-0.4, -0.2) is 38.9 Å². The van der Waals surface area contributed by atoms with Gasteiger partial charge in [0.2, 0.25) is 0 Å². The van der Waals surface area contributed by atoms with Gasteiger partial charge in [-0.15, -0.1) is 0 Å². The molecule has 0 spiro atoms. The van der Waals surface area contributed by atoms with E-state index >= 15 is 0 Å².